The molecule has 0 fully saturated rings. The van der Waals surface area contributed by atoms with Crippen LogP contribution in [0, 0.1) is 11.7 Å². The van der Waals surface area contributed by atoms with E-state index in [1.54, 1.807) is 0 Å². The zero-order chi connectivity index (χ0) is 10.1. The number of nitrogens with zero attached hydrogens (tertiary/aromatic N) is 1. The van der Waals surface area contributed by atoms with Gasteiger partial charge in [-0.2, -0.15) is 0 Å². The van der Waals surface area contributed by atoms with Crippen LogP contribution in [0.1, 0.15) is 11.1 Å². The van der Waals surface area contributed by atoms with Crippen LogP contribution < -0.4 is 4.74 Å². The van der Waals surface area contributed by atoms with E-state index in [9.17, 15) is 9.18 Å². The number of carbonyl (C=O) groups is 1. The molecule has 74 valence electrons. The van der Waals surface area contributed by atoms with Gasteiger partial charge < -0.3 is 9.53 Å². The van der Waals surface area contributed by atoms with Crippen molar-refractivity contribution in [1.29, 1.82) is 0 Å². The minimum absolute atomic E-state index is 0.127. The maximum absolute atomic E-state index is 13.3. The smallest absolute Gasteiger partial charge is 0.216 e. The molecule has 4 heteroatoms. The van der Waals surface area contributed by atoms with E-state index in [2.05, 4.69) is 4.98 Å². The van der Waals surface area contributed by atoms with Gasteiger partial charge in [-0.25, -0.2) is 9.37 Å². The van der Waals surface area contributed by atoms with Crippen LogP contribution in [-0.2, 0) is 17.6 Å². The number of fused-ring (bicyclic) bond motifs is 1. The molecule has 0 radical (unpaired) electrons. The number of carbonyl (C=O) groups excluding carboxylic acids is 1. The number of pyridine rings is 1. The average Bonchev–Trinajstić information content (AvgIpc) is 2.63. The molecule has 0 N–H and O–H groups in total. The maximum Gasteiger partial charge on any atom is 0.216 e. The predicted molar refractivity (Wildman–Crippen MR) is 47.7 cm³/mol. The van der Waals surface area contributed by atoms with Crippen molar-refractivity contribution in [3.05, 3.63) is 23.1 Å². The minimum atomic E-state index is -0.342. The SMILES string of the molecule is COc1ncc(F)c2c1CC(C=O)C2. The van der Waals surface area contributed by atoms with E-state index in [4.69, 9.17) is 4.74 Å². The van der Waals surface area contributed by atoms with Crippen molar-refractivity contribution in [1.82, 2.24) is 4.98 Å². The molecule has 2 rings (SSSR count). The Hall–Kier alpha value is -1.45. The van der Waals surface area contributed by atoms with Crippen LogP contribution in [0.3, 0.4) is 0 Å². The summed E-state index contributed by atoms with van der Waals surface area (Å²) in [5.74, 6) is -0.0338. The Bertz CT molecular complexity index is 379. The standard InChI is InChI=1S/C10H10FNO2/c1-14-10-8-3-6(5-13)2-7(8)9(11)4-12-10/h4-6H,2-3H2,1H3. The van der Waals surface area contributed by atoms with Crippen LogP contribution in [0.25, 0.3) is 0 Å². The number of halogens is 1. The number of hydrogen-bond acceptors (Lipinski definition) is 3. The highest BCUT2D eigenvalue weighted by atomic mass is 19.1. The minimum Gasteiger partial charge on any atom is -0.481 e. The van der Waals surface area contributed by atoms with E-state index in [0.717, 1.165) is 18.0 Å². The molecule has 0 saturated carbocycles. The molecule has 1 heterocycles. The first-order valence-corrected chi connectivity index (χ1v) is 4.41. The van der Waals surface area contributed by atoms with Crippen LogP contribution in [0.15, 0.2) is 6.20 Å². The van der Waals surface area contributed by atoms with Crippen molar-refractivity contribution in [3.63, 3.8) is 0 Å². The summed E-state index contributed by atoms with van der Waals surface area (Å²) < 4.78 is 18.3. The van der Waals surface area contributed by atoms with Gasteiger partial charge in [0, 0.05) is 11.5 Å². The highest BCUT2D eigenvalue weighted by molar-refractivity contribution is 5.59. The summed E-state index contributed by atoms with van der Waals surface area (Å²) in [6.07, 6.45) is 3.00. The summed E-state index contributed by atoms with van der Waals surface area (Å²) in [6, 6.07) is 0. The van der Waals surface area contributed by atoms with Gasteiger partial charge in [-0.3, -0.25) is 0 Å². The molecule has 3 nitrogen and oxygen atoms in total. The number of aldehydes is 1. The first-order valence-electron chi connectivity index (χ1n) is 4.41. The fourth-order valence-electron chi connectivity index (χ4n) is 1.84. The lowest BCUT2D eigenvalue weighted by Crippen LogP contribution is -2.00. The molecule has 0 aromatic carbocycles. The van der Waals surface area contributed by atoms with Gasteiger partial charge in [0.05, 0.1) is 13.3 Å². The third-order valence-electron chi connectivity index (χ3n) is 2.52. The fraction of sp³-hybridized carbons (Fsp3) is 0.400. The molecule has 0 bridgehead atoms. The second kappa shape index (κ2) is 3.36. The monoisotopic (exact) mass is 195 g/mol. The molecule has 1 unspecified atom stereocenters. The van der Waals surface area contributed by atoms with E-state index in [1.165, 1.54) is 7.11 Å². The molecule has 14 heavy (non-hydrogen) atoms. The van der Waals surface area contributed by atoms with E-state index in [-0.39, 0.29) is 11.7 Å². The van der Waals surface area contributed by atoms with Gasteiger partial charge in [-0.15, -0.1) is 0 Å². The lowest BCUT2D eigenvalue weighted by molar-refractivity contribution is -0.110. The highest BCUT2D eigenvalue weighted by Crippen LogP contribution is 2.32. The first kappa shape index (κ1) is 9.12. The second-order valence-electron chi connectivity index (χ2n) is 3.38. The van der Waals surface area contributed by atoms with Crippen molar-refractivity contribution in [2.45, 2.75) is 12.8 Å². The van der Waals surface area contributed by atoms with Crippen LogP contribution in [0.4, 0.5) is 4.39 Å². The maximum atomic E-state index is 13.3. The summed E-state index contributed by atoms with van der Waals surface area (Å²) in [5, 5.41) is 0. The van der Waals surface area contributed by atoms with Gasteiger partial charge in [0.15, 0.2) is 0 Å². The van der Waals surface area contributed by atoms with Crippen LogP contribution >= 0.6 is 0 Å². The summed E-state index contributed by atoms with van der Waals surface area (Å²) in [5.41, 5.74) is 1.32. The number of rotatable bonds is 2. The van der Waals surface area contributed by atoms with Crippen molar-refractivity contribution in [2.24, 2.45) is 5.92 Å². The van der Waals surface area contributed by atoms with Crippen molar-refractivity contribution < 1.29 is 13.9 Å². The summed E-state index contributed by atoms with van der Waals surface area (Å²) in [6.45, 7) is 0. The zero-order valence-electron chi connectivity index (χ0n) is 7.79. The molecule has 1 aliphatic carbocycles. The van der Waals surface area contributed by atoms with Crippen LogP contribution in [-0.4, -0.2) is 18.4 Å². The van der Waals surface area contributed by atoms with Gasteiger partial charge in [0.2, 0.25) is 5.88 Å². The number of methoxy groups -OCH3 is 1. The van der Waals surface area contributed by atoms with Gasteiger partial charge >= 0.3 is 0 Å². The van der Waals surface area contributed by atoms with Gasteiger partial charge in [0.25, 0.3) is 0 Å². The van der Waals surface area contributed by atoms with Gasteiger partial charge in [-0.05, 0) is 18.4 Å². The van der Waals surface area contributed by atoms with E-state index in [0.29, 0.717) is 24.3 Å². The summed E-state index contributed by atoms with van der Waals surface area (Å²) in [4.78, 5) is 14.4. The quantitative estimate of drug-likeness (QED) is 0.664. The van der Waals surface area contributed by atoms with Crippen molar-refractivity contribution in [3.8, 4) is 5.88 Å². The number of aromatic nitrogens is 1. The lowest BCUT2D eigenvalue weighted by atomic mass is 10.1. The second-order valence-corrected chi connectivity index (χ2v) is 3.38. The summed E-state index contributed by atoms with van der Waals surface area (Å²) in [7, 11) is 1.49. The van der Waals surface area contributed by atoms with E-state index in [1.807, 2.05) is 0 Å². The highest BCUT2D eigenvalue weighted by Gasteiger charge is 2.27. The molecule has 0 spiro atoms. The van der Waals surface area contributed by atoms with E-state index >= 15 is 0 Å². The Morgan fingerprint density at radius 2 is 2.29 bits per heavy atom. The molecule has 0 aliphatic heterocycles. The fourth-order valence-corrected chi connectivity index (χ4v) is 1.84. The molecule has 1 aromatic heterocycles. The molecule has 1 aromatic rings. The predicted octanol–water partition coefficient (Wildman–Crippen LogP) is 1.14. The Morgan fingerprint density at radius 3 is 2.93 bits per heavy atom. The Labute approximate surface area is 80.9 Å². The van der Waals surface area contributed by atoms with Crippen molar-refractivity contribution >= 4 is 6.29 Å². The van der Waals surface area contributed by atoms with Crippen LogP contribution in [0.5, 0.6) is 5.88 Å². The largest absolute Gasteiger partial charge is 0.481 e. The molecular formula is C10H10FNO2. The average molecular weight is 195 g/mol. The van der Waals surface area contributed by atoms with Gasteiger partial charge in [-0.1, -0.05) is 0 Å². The van der Waals surface area contributed by atoms with E-state index < -0.39 is 0 Å². The number of hydrogen-bond donors (Lipinski definition) is 0. The third-order valence-corrected chi connectivity index (χ3v) is 2.52. The zero-order valence-corrected chi connectivity index (χ0v) is 7.79. The van der Waals surface area contributed by atoms with Crippen LogP contribution in [0.2, 0.25) is 0 Å². The van der Waals surface area contributed by atoms with Crippen molar-refractivity contribution in [2.75, 3.05) is 7.11 Å². The lowest BCUT2D eigenvalue weighted by Gasteiger charge is -2.05. The summed E-state index contributed by atoms with van der Waals surface area (Å²) >= 11 is 0. The Morgan fingerprint density at radius 1 is 1.57 bits per heavy atom. The Balaban J connectivity index is 2.47. The Kier molecular flexibility index (Phi) is 2.19. The molecule has 1 atom stereocenters. The molecular weight excluding hydrogens is 185 g/mol. The third kappa shape index (κ3) is 1.27. The normalized spacial score (nSPS) is 19.1. The molecule has 0 saturated heterocycles. The number of ether oxygens (including phenoxy) is 1. The topological polar surface area (TPSA) is 39.2 Å². The van der Waals surface area contributed by atoms with Gasteiger partial charge in [0.1, 0.15) is 12.1 Å². The molecule has 0 amide bonds. The molecule has 1 aliphatic rings. The first-order chi connectivity index (χ1) is 6.76.